The average Bonchev–Trinajstić information content (AvgIpc) is 2.13. The molecule has 0 saturated carbocycles. The fourth-order valence-corrected chi connectivity index (χ4v) is 1.64. The minimum atomic E-state index is -0.830. The maximum absolute atomic E-state index is 10.7. The van der Waals surface area contributed by atoms with E-state index in [9.17, 15) is 4.79 Å². The molecule has 0 aliphatic carbocycles. The van der Waals surface area contributed by atoms with Crippen molar-refractivity contribution in [2.75, 3.05) is 5.32 Å². The normalized spacial score (nSPS) is 11.3. The Labute approximate surface area is 101 Å². The van der Waals surface area contributed by atoms with Gasteiger partial charge in [0.2, 0.25) is 0 Å². The molecular weight excluding hydrogens is 218 g/mol. The highest BCUT2D eigenvalue weighted by Crippen LogP contribution is 2.17. The van der Waals surface area contributed by atoms with Gasteiger partial charge >= 0.3 is 5.97 Å². The van der Waals surface area contributed by atoms with Crippen LogP contribution < -0.4 is 5.32 Å². The van der Waals surface area contributed by atoms with Gasteiger partial charge in [0, 0.05) is 17.3 Å². The van der Waals surface area contributed by atoms with Crippen LogP contribution in [-0.4, -0.2) is 26.6 Å². The SMILES string of the molecule is CCc1cc(NC(C)(C)CC(=O)O)nc(C)n1. The zero-order valence-corrected chi connectivity index (χ0v) is 10.7. The molecule has 2 N–H and O–H groups in total. The molecule has 5 nitrogen and oxygen atoms in total. The monoisotopic (exact) mass is 237 g/mol. The van der Waals surface area contributed by atoms with Gasteiger partial charge in [-0.05, 0) is 27.2 Å². The number of carboxylic acid groups (broad SMARTS) is 1. The highest BCUT2D eigenvalue weighted by molar-refractivity contribution is 5.69. The Morgan fingerprint density at radius 3 is 2.65 bits per heavy atom. The topological polar surface area (TPSA) is 75.1 Å². The standard InChI is InChI=1S/C12H19N3O2/c1-5-9-6-10(14-8(2)13-9)15-12(3,4)7-11(16)17/h6H,5,7H2,1-4H3,(H,16,17)(H,13,14,15). The largest absolute Gasteiger partial charge is 0.481 e. The van der Waals surface area contributed by atoms with Gasteiger partial charge in [-0.25, -0.2) is 9.97 Å². The maximum Gasteiger partial charge on any atom is 0.305 e. The van der Waals surface area contributed by atoms with Crippen LogP contribution in [0.5, 0.6) is 0 Å². The van der Waals surface area contributed by atoms with Crippen molar-refractivity contribution < 1.29 is 9.90 Å². The summed E-state index contributed by atoms with van der Waals surface area (Å²) in [6, 6.07) is 1.86. The van der Waals surface area contributed by atoms with Crippen LogP contribution >= 0.6 is 0 Å². The van der Waals surface area contributed by atoms with Crippen molar-refractivity contribution in [1.82, 2.24) is 9.97 Å². The zero-order chi connectivity index (χ0) is 13.1. The molecular formula is C12H19N3O2. The maximum atomic E-state index is 10.7. The van der Waals surface area contributed by atoms with Crippen molar-refractivity contribution in [3.05, 3.63) is 17.6 Å². The van der Waals surface area contributed by atoms with Crippen LogP contribution in [0.1, 0.15) is 38.7 Å². The Kier molecular flexibility index (Phi) is 4.04. The smallest absolute Gasteiger partial charge is 0.305 e. The van der Waals surface area contributed by atoms with Crippen LogP contribution in [0.3, 0.4) is 0 Å². The second-order valence-electron chi connectivity index (χ2n) is 4.72. The highest BCUT2D eigenvalue weighted by atomic mass is 16.4. The molecule has 0 aliphatic heterocycles. The van der Waals surface area contributed by atoms with Crippen molar-refractivity contribution >= 4 is 11.8 Å². The minimum absolute atomic E-state index is 0.0392. The summed E-state index contributed by atoms with van der Waals surface area (Å²) in [5.41, 5.74) is 0.420. The number of rotatable bonds is 5. The first-order valence-corrected chi connectivity index (χ1v) is 5.67. The fourth-order valence-electron chi connectivity index (χ4n) is 1.64. The number of aliphatic carboxylic acids is 1. The highest BCUT2D eigenvalue weighted by Gasteiger charge is 2.22. The van der Waals surface area contributed by atoms with Crippen LogP contribution in [-0.2, 0) is 11.2 Å². The molecule has 0 radical (unpaired) electrons. The summed E-state index contributed by atoms with van der Waals surface area (Å²) in [5, 5.41) is 11.9. The van der Waals surface area contributed by atoms with Crippen molar-refractivity contribution in [1.29, 1.82) is 0 Å². The third kappa shape index (κ3) is 4.38. The third-order valence-corrected chi connectivity index (χ3v) is 2.31. The Hall–Kier alpha value is -1.65. The number of aryl methyl sites for hydroxylation is 2. The molecule has 1 aromatic heterocycles. The van der Waals surface area contributed by atoms with E-state index in [4.69, 9.17) is 5.11 Å². The van der Waals surface area contributed by atoms with Gasteiger partial charge in [0.05, 0.1) is 6.42 Å². The van der Waals surface area contributed by atoms with E-state index in [0.717, 1.165) is 12.1 Å². The number of hydrogen-bond donors (Lipinski definition) is 2. The molecule has 1 heterocycles. The predicted octanol–water partition coefficient (Wildman–Crippen LogP) is 2.01. The van der Waals surface area contributed by atoms with Gasteiger partial charge in [-0.15, -0.1) is 0 Å². The molecule has 0 aromatic carbocycles. The second-order valence-corrected chi connectivity index (χ2v) is 4.72. The third-order valence-electron chi connectivity index (χ3n) is 2.31. The summed E-state index contributed by atoms with van der Waals surface area (Å²) in [4.78, 5) is 19.3. The first kappa shape index (κ1) is 13.4. The summed E-state index contributed by atoms with van der Waals surface area (Å²) in [5.74, 6) is 0.544. The van der Waals surface area contributed by atoms with E-state index < -0.39 is 11.5 Å². The molecule has 17 heavy (non-hydrogen) atoms. The Balaban J connectivity index is 2.87. The summed E-state index contributed by atoms with van der Waals surface area (Å²) in [6.45, 7) is 7.52. The molecule has 0 fully saturated rings. The number of hydrogen-bond acceptors (Lipinski definition) is 4. The van der Waals surface area contributed by atoms with E-state index in [0.29, 0.717) is 11.6 Å². The van der Waals surface area contributed by atoms with Gasteiger partial charge in [-0.3, -0.25) is 4.79 Å². The Morgan fingerprint density at radius 1 is 1.47 bits per heavy atom. The first-order chi connectivity index (χ1) is 7.82. The Morgan fingerprint density at radius 2 is 2.12 bits per heavy atom. The molecule has 5 heteroatoms. The van der Waals surface area contributed by atoms with Gasteiger partial charge in [-0.2, -0.15) is 0 Å². The number of nitrogens with one attached hydrogen (secondary N) is 1. The first-order valence-electron chi connectivity index (χ1n) is 5.67. The van der Waals surface area contributed by atoms with Gasteiger partial charge in [0.1, 0.15) is 11.6 Å². The van der Waals surface area contributed by atoms with Gasteiger partial charge < -0.3 is 10.4 Å². The van der Waals surface area contributed by atoms with E-state index in [1.54, 1.807) is 0 Å². The van der Waals surface area contributed by atoms with Gasteiger partial charge in [0.15, 0.2) is 0 Å². The van der Waals surface area contributed by atoms with Crippen molar-refractivity contribution in [3.63, 3.8) is 0 Å². The molecule has 0 atom stereocenters. The predicted molar refractivity (Wildman–Crippen MR) is 66.1 cm³/mol. The summed E-state index contributed by atoms with van der Waals surface area (Å²) in [7, 11) is 0. The second kappa shape index (κ2) is 5.12. The van der Waals surface area contributed by atoms with E-state index in [1.807, 2.05) is 33.8 Å². The lowest BCUT2D eigenvalue weighted by Crippen LogP contribution is -2.34. The van der Waals surface area contributed by atoms with Crippen LogP contribution in [0, 0.1) is 6.92 Å². The molecule has 0 saturated heterocycles. The van der Waals surface area contributed by atoms with Crippen molar-refractivity contribution in [3.8, 4) is 0 Å². The van der Waals surface area contributed by atoms with Gasteiger partial charge in [-0.1, -0.05) is 6.92 Å². The lowest BCUT2D eigenvalue weighted by Gasteiger charge is -2.25. The molecule has 0 aliphatic rings. The lowest BCUT2D eigenvalue weighted by atomic mass is 10.0. The van der Waals surface area contributed by atoms with Crippen LogP contribution in [0.25, 0.3) is 0 Å². The lowest BCUT2D eigenvalue weighted by molar-refractivity contribution is -0.137. The number of nitrogens with zero attached hydrogens (tertiary/aromatic N) is 2. The number of carboxylic acids is 1. The fraction of sp³-hybridized carbons (Fsp3) is 0.583. The average molecular weight is 237 g/mol. The quantitative estimate of drug-likeness (QED) is 0.819. The summed E-state index contributed by atoms with van der Waals surface area (Å²) >= 11 is 0. The molecule has 0 amide bonds. The zero-order valence-electron chi connectivity index (χ0n) is 10.7. The van der Waals surface area contributed by atoms with E-state index in [-0.39, 0.29) is 6.42 Å². The molecule has 0 spiro atoms. The van der Waals surface area contributed by atoms with E-state index >= 15 is 0 Å². The molecule has 0 bridgehead atoms. The van der Waals surface area contributed by atoms with Crippen molar-refractivity contribution in [2.24, 2.45) is 0 Å². The molecule has 1 aromatic rings. The molecule has 94 valence electrons. The molecule has 1 rings (SSSR count). The van der Waals surface area contributed by atoms with E-state index in [1.165, 1.54) is 0 Å². The summed E-state index contributed by atoms with van der Waals surface area (Å²) < 4.78 is 0. The summed E-state index contributed by atoms with van der Waals surface area (Å²) in [6.07, 6.45) is 0.870. The van der Waals surface area contributed by atoms with E-state index in [2.05, 4.69) is 15.3 Å². The minimum Gasteiger partial charge on any atom is -0.481 e. The molecule has 0 unspecified atom stereocenters. The number of carbonyl (C=O) groups is 1. The number of anilines is 1. The number of aromatic nitrogens is 2. The van der Waals surface area contributed by atoms with Crippen LogP contribution in [0.15, 0.2) is 6.07 Å². The Bertz CT molecular complexity index is 416. The van der Waals surface area contributed by atoms with Crippen LogP contribution in [0.4, 0.5) is 5.82 Å². The van der Waals surface area contributed by atoms with Crippen LogP contribution in [0.2, 0.25) is 0 Å². The van der Waals surface area contributed by atoms with Gasteiger partial charge in [0.25, 0.3) is 0 Å². The van der Waals surface area contributed by atoms with Crippen molar-refractivity contribution in [2.45, 2.75) is 46.1 Å².